The van der Waals surface area contributed by atoms with Gasteiger partial charge in [-0.15, -0.1) is 0 Å². The van der Waals surface area contributed by atoms with E-state index in [4.69, 9.17) is 0 Å². The highest BCUT2D eigenvalue weighted by atomic mass is 16.3. The zero-order chi connectivity index (χ0) is 12.8. The Hall–Kier alpha value is -1.64. The molecular formula is C16H19NO. The van der Waals surface area contributed by atoms with Gasteiger partial charge in [-0.25, -0.2) is 0 Å². The van der Waals surface area contributed by atoms with Crippen LogP contribution >= 0.6 is 0 Å². The molecule has 0 saturated carbocycles. The van der Waals surface area contributed by atoms with Gasteiger partial charge in [0.1, 0.15) is 0 Å². The summed E-state index contributed by atoms with van der Waals surface area (Å²) in [6.07, 6.45) is 0. The van der Waals surface area contributed by atoms with Crippen molar-refractivity contribution in [1.82, 2.24) is 5.32 Å². The third-order valence-corrected chi connectivity index (χ3v) is 3.29. The maximum absolute atomic E-state index is 9.56. The van der Waals surface area contributed by atoms with Gasteiger partial charge in [-0.05, 0) is 18.2 Å². The standard InChI is InChI=1S/C16H19NO/c1-17-15(12-18)16(13-8-4-2-5-9-13)14-10-6-3-7-11-14/h2-11,15-18H,12H2,1H3/t15-/m0/s1. The van der Waals surface area contributed by atoms with E-state index in [0.717, 1.165) is 0 Å². The van der Waals surface area contributed by atoms with Crippen LogP contribution in [0.15, 0.2) is 60.7 Å². The fourth-order valence-corrected chi connectivity index (χ4v) is 2.34. The fraction of sp³-hybridized carbons (Fsp3) is 0.250. The maximum atomic E-state index is 9.56. The summed E-state index contributed by atoms with van der Waals surface area (Å²) in [7, 11) is 1.89. The van der Waals surface area contributed by atoms with Gasteiger partial charge in [-0.1, -0.05) is 60.7 Å². The molecule has 0 fully saturated rings. The quantitative estimate of drug-likeness (QED) is 0.842. The second-order valence-electron chi connectivity index (χ2n) is 4.38. The first-order chi connectivity index (χ1) is 8.86. The Morgan fingerprint density at radius 1 is 0.889 bits per heavy atom. The molecule has 0 aliphatic carbocycles. The largest absolute Gasteiger partial charge is 0.395 e. The summed E-state index contributed by atoms with van der Waals surface area (Å²) in [5, 5.41) is 12.8. The molecule has 0 aliphatic heterocycles. The number of benzene rings is 2. The molecule has 2 heteroatoms. The predicted molar refractivity (Wildman–Crippen MR) is 74.7 cm³/mol. The molecule has 0 radical (unpaired) electrons. The van der Waals surface area contributed by atoms with Crippen molar-refractivity contribution in [1.29, 1.82) is 0 Å². The van der Waals surface area contributed by atoms with E-state index in [9.17, 15) is 5.11 Å². The number of aliphatic hydroxyl groups is 1. The van der Waals surface area contributed by atoms with Crippen molar-refractivity contribution in [2.75, 3.05) is 13.7 Å². The highest BCUT2D eigenvalue weighted by molar-refractivity contribution is 5.34. The predicted octanol–water partition coefficient (Wildman–Crippen LogP) is 2.40. The first-order valence-electron chi connectivity index (χ1n) is 6.25. The lowest BCUT2D eigenvalue weighted by atomic mass is 9.85. The van der Waals surface area contributed by atoms with Crippen LogP contribution in [-0.2, 0) is 0 Å². The summed E-state index contributed by atoms with van der Waals surface area (Å²) >= 11 is 0. The molecule has 2 aromatic rings. The molecular weight excluding hydrogens is 222 g/mol. The molecule has 18 heavy (non-hydrogen) atoms. The number of nitrogens with one attached hydrogen (secondary N) is 1. The van der Waals surface area contributed by atoms with Crippen molar-refractivity contribution < 1.29 is 5.11 Å². The summed E-state index contributed by atoms with van der Waals surface area (Å²) in [5.74, 6) is 0.169. The fourth-order valence-electron chi connectivity index (χ4n) is 2.34. The zero-order valence-electron chi connectivity index (χ0n) is 10.6. The molecule has 2 rings (SSSR count). The van der Waals surface area contributed by atoms with Crippen molar-refractivity contribution in [3.8, 4) is 0 Å². The number of hydrogen-bond donors (Lipinski definition) is 2. The van der Waals surface area contributed by atoms with Crippen molar-refractivity contribution in [3.05, 3.63) is 71.8 Å². The molecule has 0 spiro atoms. The zero-order valence-corrected chi connectivity index (χ0v) is 10.6. The van der Waals surface area contributed by atoms with Crippen LogP contribution in [0.1, 0.15) is 17.0 Å². The van der Waals surface area contributed by atoms with Gasteiger partial charge < -0.3 is 10.4 Å². The smallest absolute Gasteiger partial charge is 0.0593 e. The van der Waals surface area contributed by atoms with Crippen LogP contribution in [0, 0.1) is 0 Å². The van der Waals surface area contributed by atoms with Crippen LogP contribution in [0.3, 0.4) is 0 Å². The number of rotatable bonds is 5. The number of aliphatic hydroxyl groups excluding tert-OH is 1. The van der Waals surface area contributed by atoms with Crippen LogP contribution in [-0.4, -0.2) is 24.8 Å². The van der Waals surface area contributed by atoms with Crippen molar-refractivity contribution in [3.63, 3.8) is 0 Å². The lowest BCUT2D eigenvalue weighted by molar-refractivity contribution is 0.238. The molecule has 2 aromatic carbocycles. The Morgan fingerprint density at radius 2 is 1.33 bits per heavy atom. The van der Waals surface area contributed by atoms with Crippen molar-refractivity contribution in [2.45, 2.75) is 12.0 Å². The van der Waals surface area contributed by atoms with Crippen LogP contribution in [0.25, 0.3) is 0 Å². The van der Waals surface area contributed by atoms with Gasteiger partial charge >= 0.3 is 0 Å². The lowest BCUT2D eigenvalue weighted by Gasteiger charge is -2.26. The summed E-state index contributed by atoms with van der Waals surface area (Å²) in [5.41, 5.74) is 2.44. The van der Waals surface area contributed by atoms with E-state index < -0.39 is 0 Å². The van der Waals surface area contributed by atoms with Gasteiger partial charge in [0.2, 0.25) is 0 Å². The number of hydrogen-bond acceptors (Lipinski definition) is 2. The van der Waals surface area contributed by atoms with Crippen LogP contribution in [0.2, 0.25) is 0 Å². The van der Waals surface area contributed by atoms with Crippen LogP contribution in [0.5, 0.6) is 0 Å². The van der Waals surface area contributed by atoms with Gasteiger partial charge in [0.05, 0.1) is 6.61 Å². The Balaban J connectivity index is 2.41. The Labute approximate surface area is 108 Å². The molecule has 1 atom stereocenters. The molecule has 0 unspecified atom stereocenters. The van der Waals surface area contributed by atoms with E-state index in [2.05, 4.69) is 29.6 Å². The molecule has 0 saturated heterocycles. The average Bonchev–Trinajstić information content (AvgIpc) is 2.46. The van der Waals surface area contributed by atoms with Crippen molar-refractivity contribution >= 4 is 0 Å². The van der Waals surface area contributed by atoms with E-state index in [1.54, 1.807) is 0 Å². The third kappa shape index (κ3) is 2.78. The van der Waals surface area contributed by atoms with Gasteiger partial charge in [-0.3, -0.25) is 0 Å². The highest BCUT2D eigenvalue weighted by Gasteiger charge is 2.22. The van der Waals surface area contributed by atoms with Crippen LogP contribution in [0.4, 0.5) is 0 Å². The van der Waals surface area contributed by atoms with Gasteiger partial charge in [0, 0.05) is 12.0 Å². The van der Waals surface area contributed by atoms with Crippen LogP contribution < -0.4 is 5.32 Å². The molecule has 94 valence electrons. The van der Waals surface area contributed by atoms with Gasteiger partial charge in [0.15, 0.2) is 0 Å². The Morgan fingerprint density at radius 3 is 1.67 bits per heavy atom. The first kappa shape index (κ1) is 12.8. The minimum Gasteiger partial charge on any atom is -0.395 e. The second-order valence-corrected chi connectivity index (χ2v) is 4.38. The van der Waals surface area contributed by atoms with E-state index >= 15 is 0 Å². The number of likely N-dealkylation sites (N-methyl/N-ethyl adjacent to an activating group) is 1. The molecule has 0 aromatic heterocycles. The molecule has 0 amide bonds. The minimum absolute atomic E-state index is 0.0230. The van der Waals surface area contributed by atoms with E-state index in [0.29, 0.717) is 0 Å². The normalized spacial score (nSPS) is 12.6. The molecule has 0 bridgehead atoms. The Bertz CT molecular complexity index is 412. The third-order valence-electron chi connectivity index (χ3n) is 3.29. The summed E-state index contributed by atoms with van der Waals surface area (Å²) in [6, 6.07) is 20.6. The van der Waals surface area contributed by atoms with Crippen molar-refractivity contribution in [2.24, 2.45) is 0 Å². The maximum Gasteiger partial charge on any atom is 0.0593 e. The van der Waals surface area contributed by atoms with Gasteiger partial charge in [-0.2, -0.15) is 0 Å². The summed E-state index contributed by atoms with van der Waals surface area (Å²) in [4.78, 5) is 0. The highest BCUT2D eigenvalue weighted by Crippen LogP contribution is 2.27. The SMILES string of the molecule is CN[C@@H](CO)C(c1ccccc1)c1ccccc1. The molecule has 0 aliphatic rings. The second kappa shape index (κ2) is 6.34. The van der Waals surface area contributed by atoms with E-state index in [1.807, 2.05) is 43.4 Å². The first-order valence-corrected chi connectivity index (χ1v) is 6.25. The monoisotopic (exact) mass is 241 g/mol. The average molecular weight is 241 g/mol. The summed E-state index contributed by atoms with van der Waals surface area (Å²) in [6.45, 7) is 0.116. The molecule has 2 N–H and O–H groups in total. The van der Waals surface area contributed by atoms with Gasteiger partial charge in [0.25, 0.3) is 0 Å². The Kier molecular flexibility index (Phi) is 4.51. The summed E-state index contributed by atoms with van der Waals surface area (Å²) < 4.78 is 0. The lowest BCUT2D eigenvalue weighted by Crippen LogP contribution is -2.36. The minimum atomic E-state index is 0.0230. The topological polar surface area (TPSA) is 32.3 Å². The molecule has 0 heterocycles. The molecule has 2 nitrogen and oxygen atoms in total. The van der Waals surface area contributed by atoms with E-state index in [-0.39, 0.29) is 18.6 Å². The van der Waals surface area contributed by atoms with E-state index in [1.165, 1.54) is 11.1 Å².